The Balaban J connectivity index is 1.96. The van der Waals surface area contributed by atoms with Gasteiger partial charge < -0.3 is 4.90 Å². The van der Waals surface area contributed by atoms with Crippen molar-refractivity contribution in [1.82, 2.24) is 9.97 Å². The van der Waals surface area contributed by atoms with Gasteiger partial charge in [0.15, 0.2) is 0 Å². The number of halogens is 2. The smallest absolute Gasteiger partial charge is 0.225 e. The molecule has 1 aliphatic rings. The molecule has 0 bridgehead atoms. The third kappa shape index (κ3) is 3.74. The monoisotopic (exact) mass is 463 g/mol. The number of hydrogen-bond donors (Lipinski definition) is 0. The van der Waals surface area contributed by atoms with Crippen LogP contribution in [0.2, 0.25) is 5.28 Å². The molecule has 4 rings (SSSR count). The molecule has 1 aliphatic heterocycles. The van der Waals surface area contributed by atoms with Crippen LogP contribution in [-0.4, -0.2) is 23.1 Å². The van der Waals surface area contributed by atoms with Crippen LogP contribution >= 0.6 is 38.9 Å². The first-order chi connectivity index (χ1) is 13.0. The standard InChI is InChI=1S/C21H23BrClN3S/c1-4-16-17(14-5-7-15(22)8-6-14)18-19(24-21(23)25-20(18)27-16)26-10-12(2)9-13(3)11-26/h5-8,12-13H,4,9-11H2,1-3H3. The summed E-state index contributed by atoms with van der Waals surface area (Å²) in [7, 11) is 0. The molecule has 2 unspecified atom stereocenters. The lowest BCUT2D eigenvalue weighted by atomic mass is 9.91. The number of piperidine rings is 1. The van der Waals surface area contributed by atoms with Crippen LogP contribution in [0.1, 0.15) is 32.1 Å². The summed E-state index contributed by atoms with van der Waals surface area (Å²) in [5, 5.41) is 1.50. The lowest BCUT2D eigenvalue weighted by Crippen LogP contribution is -2.39. The summed E-state index contributed by atoms with van der Waals surface area (Å²) in [5.74, 6) is 2.30. The lowest BCUT2D eigenvalue weighted by molar-refractivity contribution is 0.356. The van der Waals surface area contributed by atoms with E-state index in [1.807, 2.05) is 0 Å². The van der Waals surface area contributed by atoms with Crippen molar-refractivity contribution >= 4 is 54.9 Å². The first-order valence-electron chi connectivity index (χ1n) is 9.46. The maximum absolute atomic E-state index is 6.34. The molecule has 0 spiro atoms. The van der Waals surface area contributed by atoms with E-state index in [1.165, 1.54) is 22.4 Å². The Labute approximate surface area is 177 Å². The second-order valence-electron chi connectivity index (χ2n) is 7.61. The highest BCUT2D eigenvalue weighted by molar-refractivity contribution is 9.10. The highest BCUT2D eigenvalue weighted by atomic mass is 79.9. The minimum Gasteiger partial charge on any atom is -0.355 e. The van der Waals surface area contributed by atoms with Crippen molar-refractivity contribution in [2.24, 2.45) is 11.8 Å². The number of aryl methyl sites for hydroxylation is 1. The predicted molar refractivity (Wildman–Crippen MR) is 120 cm³/mol. The number of fused-ring (bicyclic) bond motifs is 1. The van der Waals surface area contributed by atoms with E-state index in [0.29, 0.717) is 17.1 Å². The van der Waals surface area contributed by atoms with Gasteiger partial charge in [0, 0.05) is 28.0 Å². The van der Waals surface area contributed by atoms with E-state index < -0.39 is 0 Å². The van der Waals surface area contributed by atoms with Gasteiger partial charge in [0.05, 0.1) is 5.39 Å². The number of hydrogen-bond acceptors (Lipinski definition) is 4. The van der Waals surface area contributed by atoms with Crippen molar-refractivity contribution in [2.45, 2.75) is 33.6 Å². The number of nitrogens with zero attached hydrogens (tertiary/aromatic N) is 3. The van der Waals surface area contributed by atoms with E-state index in [0.717, 1.165) is 40.0 Å². The van der Waals surface area contributed by atoms with Gasteiger partial charge in [-0.1, -0.05) is 48.8 Å². The highest BCUT2D eigenvalue weighted by Gasteiger charge is 2.27. The van der Waals surface area contributed by atoms with Gasteiger partial charge in [0.25, 0.3) is 0 Å². The van der Waals surface area contributed by atoms with Gasteiger partial charge in [-0.15, -0.1) is 11.3 Å². The van der Waals surface area contributed by atoms with Crippen molar-refractivity contribution in [3.63, 3.8) is 0 Å². The molecule has 0 aliphatic carbocycles. The van der Waals surface area contributed by atoms with Crippen molar-refractivity contribution < 1.29 is 0 Å². The number of aromatic nitrogens is 2. The summed E-state index contributed by atoms with van der Waals surface area (Å²) in [6, 6.07) is 8.54. The van der Waals surface area contributed by atoms with Crippen LogP contribution in [0.5, 0.6) is 0 Å². The molecule has 0 radical (unpaired) electrons. The van der Waals surface area contributed by atoms with E-state index in [9.17, 15) is 0 Å². The molecule has 142 valence electrons. The molecule has 1 saturated heterocycles. The minimum absolute atomic E-state index is 0.342. The summed E-state index contributed by atoms with van der Waals surface area (Å²) in [6.07, 6.45) is 2.23. The van der Waals surface area contributed by atoms with Gasteiger partial charge in [0.2, 0.25) is 5.28 Å². The summed E-state index contributed by atoms with van der Waals surface area (Å²) < 4.78 is 1.09. The molecule has 0 amide bonds. The molecule has 2 aromatic heterocycles. The predicted octanol–water partition coefficient (Wildman–Crippen LogP) is 6.82. The minimum atomic E-state index is 0.342. The molecule has 6 heteroatoms. The van der Waals surface area contributed by atoms with Gasteiger partial charge in [-0.05, 0) is 54.0 Å². The highest BCUT2D eigenvalue weighted by Crippen LogP contribution is 2.44. The average molecular weight is 465 g/mol. The zero-order chi connectivity index (χ0) is 19.1. The number of anilines is 1. The molecule has 2 atom stereocenters. The number of thiophene rings is 1. The van der Waals surface area contributed by atoms with E-state index in [2.05, 4.69) is 70.9 Å². The fraction of sp³-hybridized carbons (Fsp3) is 0.429. The molecule has 1 fully saturated rings. The van der Waals surface area contributed by atoms with Gasteiger partial charge in [-0.25, -0.2) is 4.98 Å². The third-order valence-corrected chi connectivity index (χ3v) is 7.13. The Morgan fingerprint density at radius 1 is 1.15 bits per heavy atom. The largest absolute Gasteiger partial charge is 0.355 e. The molecule has 0 N–H and O–H groups in total. The quantitative estimate of drug-likeness (QED) is 0.398. The van der Waals surface area contributed by atoms with Crippen LogP contribution < -0.4 is 4.90 Å². The van der Waals surface area contributed by atoms with Crippen LogP contribution in [-0.2, 0) is 6.42 Å². The Morgan fingerprint density at radius 3 is 2.44 bits per heavy atom. The van der Waals surface area contributed by atoms with Crippen molar-refractivity contribution in [3.05, 3.63) is 38.9 Å². The van der Waals surface area contributed by atoms with E-state index in [4.69, 9.17) is 16.6 Å². The van der Waals surface area contributed by atoms with Crippen LogP contribution in [0, 0.1) is 11.8 Å². The first-order valence-corrected chi connectivity index (χ1v) is 11.4. The summed E-state index contributed by atoms with van der Waals surface area (Å²) in [6.45, 7) is 8.88. The van der Waals surface area contributed by atoms with E-state index >= 15 is 0 Å². The summed E-state index contributed by atoms with van der Waals surface area (Å²) in [5.41, 5.74) is 2.48. The molecule has 1 aromatic carbocycles. The van der Waals surface area contributed by atoms with Crippen LogP contribution in [0.4, 0.5) is 5.82 Å². The zero-order valence-corrected chi connectivity index (χ0v) is 19.0. The van der Waals surface area contributed by atoms with E-state index in [1.54, 1.807) is 11.3 Å². The maximum atomic E-state index is 6.34. The Kier molecular flexibility index (Phi) is 5.45. The number of rotatable bonds is 3. The topological polar surface area (TPSA) is 29.0 Å². The molecule has 3 aromatic rings. The molecule has 27 heavy (non-hydrogen) atoms. The second-order valence-corrected chi connectivity index (χ2v) is 9.95. The molecule has 0 saturated carbocycles. The average Bonchev–Trinajstić information content (AvgIpc) is 2.99. The van der Waals surface area contributed by atoms with Crippen molar-refractivity contribution in [2.75, 3.05) is 18.0 Å². The normalized spacial score (nSPS) is 20.4. The Hall–Kier alpha value is -1.17. The molecule has 3 heterocycles. The third-order valence-electron chi connectivity index (χ3n) is 5.20. The second kappa shape index (κ2) is 7.69. The molecular weight excluding hydrogens is 442 g/mol. The first kappa shape index (κ1) is 19.2. The van der Waals surface area contributed by atoms with Gasteiger partial charge in [-0.3, -0.25) is 0 Å². The Bertz CT molecular complexity index is 960. The van der Waals surface area contributed by atoms with Gasteiger partial charge in [-0.2, -0.15) is 4.98 Å². The maximum Gasteiger partial charge on any atom is 0.225 e. The SMILES string of the molecule is CCc1sc2nc(Cl)nc(N3CC(C)CC(C)C3)c2c1-c1ccc(Br)cc1. The van der Waals surface area contributed by atoms with Crippen LogP contribution in [0.15, 0.2) is 28.7 Å². The number of benzene rings is 1. The van der Waals surface area contributed by atoms with Crippen molar-refractivity contribution in [1.29, 1.82) is 0 Å². The summed E-state index contributed by atoms with van der Waals surface area (Å²) >= 11 is 11.6. The van der Waals surface area contributed by atoms with Gasteiger partial charge in [0.1, 0.15) is 10.6 Å². The van der Waals surface area contributed by atoms with E-state index in [-0.39, 0.29) is 0 Å². The van der Waals surface area contributed by atoms with Crippen LogP contribution in [0.3, 0.4) is 0 Å². The van der Waals surface area contributed by atoms with Gasteiger partial charge >= 0.3 is 0 Å². The van der Waals surface area contributed by atoms with Crippen LogP contribution in [0.25, 0.3) is 21.3 Å². The molecular formula is C21H23BrClN3S. The Morgan fingerprint density at radius 2 is 1.81 bits per heavy atom. The van der Waals surface area contributed by atoms with Crippen molar-refractivity contribution in [3.8, 4) is 11.1 Å². The fourth-order valence-electron chi connectivity index (χ4n) is 4.24. The molecule has 3 nitrogen and oxygen atoms in total. The lowest BCUT2D eigenvalue weighted by Gasteiger charge is -2.36. The summed E-state index contributed by atoms with van der Waals surface area (Å²) in [4.78, 5) is 14.0. The fourth-order valence-corrected chi connectivity index (χ4v) is 5.85. The zero-order valence-electron chi connectivity index (χ0n) is 15.8.